The zero-order valence-corrected chi connectivity index (χ0v) is 34.0. The van der Waals surface area contributed by atoms with E-state index in [2.05, 4.69) is 36.6 Å². The quantitative estimate of drug-likeness (QED) is 0.0953. The molecule has 3 aliphatic rings. The Kier molecular flexibility index (Phi) is 15.1. The smallest absolute Gasteiger partial charge is 0.245 e. The summed E-state index contributed by atoms with van der Waals surface area (Å²) in [4.78, 5) is 93.5. The summed E-state index contributed by atoms with van der Waals surface area (Å²) in [5.41, 5.74) is 19.9. The summed E-state index contributed by atoms with van der Waals surface area (Å²) in [6, 6.07) is 10.5. The number of nitrogens with zero attached hydrogens (tertiary/aromatic N) is 2. The Hall–Kier alpha value is -5.97. The predicted octanol–water partition coefficient (Wildman–Crippen LogP) is 0.364. The van der Waals surface area contributed by atoms with Crippen LogP contribution in [0, 0.1) is 5.92 Å². The van der Waals surface area contributed by atoms with Crippen molar-refractivity contribution in [2.24, 2.45) is 28.1 Å². The molecule has 1 saturated carbocycles. The molecule has 60 heavy (non-hydrogen) atoms. The maximum atomic E-state index is 14.5. The molecule has 2 aliphatic heterocycles. The second-order valence-corrected chi connectivity index (χ2v) is 16.2. The molecule has 322 valence electrons. The van der Waals surface area contributed by atoms with Gasteiger partial charge in [0.15, 0.2) is 5.96 Å². The van der Waals surface area contributed by atoms with Gasteiger partial charge in [-0.2, -0.15) is 0 Å². The van der Waals surface area contributed by atoms with Crippen molar-refractivity contribution < 1.29 is 28.8 Å². The third-order valence-electron chi connectivity index (χ3n) is 11.8. The fourth-order valence-electron chi connectivity index (χ4n) is 8.58. The van der Waals surface area contributed by atoms with Crippen LogP contribution < -0.4 is 43.8 Å². The van der Waals surface area contributed by atoms with Crippen molar-refractivity contribution in [3.8, 4) is 0 Å². The lowest BCUT2D eigenvalue weighted by atomic mass is 9.84. The normalized spacial score (nSPS) is 24.3. The minimum absolute atomic E-state index is 0.00247. The number of hydrogen-bond acceptors (Lipinski definition) is 8. The van der Waals surface area contributed by atoms with Gasteiger partial charge in [0.05, 0.1) is 6.04 Å². The van der Waals surface area contributed by atoms with E-state index >= 15 is 0 Å². The number of aliphatic imine (C=N–C) groups is 1. The van der Waals surface area contributed by atoms with E-state index in [1.165, 1.54) is 4.90 Å². The molecule has 6 amide bonds. The van der Waals surface area contributed by atoms with Crippen LogP contribution in [0.15, 0.2) is 65.8 Å². The van der Waals surface area contributed by atoms with E-state index < -0.39 is 71.7 Å². The van der Waals surface area contributed by atoms with E-state index in [0.29, 0.717) is 19.3 Å². The number of benzene rings is 2. The Bertz CT molecular complexity index is 2010. The van der Waals surface area contributed by atoms with Crippen LogP contribution in [0.2, 0.25) is 0 Å². The topological polar surface area (TPSA) is 272 Å². The van der Waals surface area contributed by atoms with E-state index in [-0.39, 0.29) is 57.2 Å². The van der Waals surface area contributed by atoms with Crippen LogP contribution in [0.4, 0.5) is 0 Å². The molecule has 0 radical (unpaired) electrons. The molecule has 1 aliphatic carbocycles. The molecule has 0 unspecified atom stereocenters. The zero-order chi connectivity index (χ0) is 42.6. The number of fused-ring (bicyclic) bond motifs is 2. The van der Waals surface area contributed by atoms with Crippen molar-refractivity contribution in [1.82, 2.24) is 36.5 Å². The van der Waals surface area contributed by atoms with Crippen molar-refractivity contribution in [3.05, 3.63) is 71.9 Å². The van der Waals surface area contributed by atoms with E-state index in [1.807, 2.05) is 54.6 Å². The van der Waals surface area contributed by atoms with Gasteiger partial charge in [-0.25, -0.2) is 0 Å². The Morgan fingerprint density at radius 1 is 0.800 bits per heavy atom. The van der Waals surface area contributed by atoms with Crippen molar-refractivity contribution >= 4 is 52.3 Å². The van der Waals surface area contributed by atoms with Gasteiger partial charge in [-0.1, -0.05) is 80.6 Å². The first kappa shape index (κ1) is 43.6. The number of hydrogen-bond donors (Lipinski definition) is 9. The summed E-state index contributed by atoms with van der Waals surface area (Å²) in [5.74, 6) is -3.34. The summed E-state index contributed by atoms with van der Waals surface area (Å²) in [6.45, 7) is 0.174. The molecule has 12 N–H and O–H groups in total. The average Bonchev–Trinajstić information content (AvgIpc) is 3.90. The minimum Gasteiger partial charge on any atom is -0.370 e. The third-order valence-corrected chi connectivity index (χ3v) is 11.8. The van der Waals surface area contributed by atoms with Gasteiger partial charge in [0.1, 0.15) is 30.2 Å². The Morgan fingerprint density at radius 3 is 2.27 bits per heavy atom. The van der Waals surface area contributed by atoms with Crippen LogP contribution in [0.1, 0.15) is 75.3 Å². The monoisotopic (exact) mass is 825 g/mol. The summed E-state index contributed by atoms with van der Waals surface area (Å²) in [7, 11) is 0. The highest BCUT2D eigenvalue weighted by molar-refractivity contribution is 5.97. The highest BCUT2D eigenvalue weighted by Gasteiger charge is 2.40. The number of guanidine groups is 1. The molecule has 0 bridgehead atoms. The Morgan fingerprint density at radius 2 is 1.50 bits per heavy atom. The first-order valence-electron chi connectivity index (χ1n) is 21.2. The summed E-state index contributed by atoms with van der Waals surface area (Å²) in [5, 5.41) is 15.2. The lowest BCUT2D eigenvalue weighted by Crippen LogP contribution is -2.59. The fraction of sp³-hybridized carbons (Fsp3) is 0.512. The van der Waals surface area contributed by atoms with Gasteiger partial charge in [0.2, 0.25) is 35.4 Å². The Labute approximate surface area is 349 Å². The molecule has 0 spiro atoms. The number of nitrogens with one attached hydrogen (secondary N) is 6. The molecular weight excluding hydrogens is 767 g/mol. The maximum absolute atomic E-state index is 14.5. The van der Waals surface area contributed by atoms with Gasteiger partial charge in [-0.05, 0) is 61.6 Å². The lowest BCUT2D eigenvalue weighted by molar-refractivity contribution is -0.142. The van der Waals surface area contributed by atoms with Gasteiger partial charge in [-0.3, -0.25) is 33.8 Å². The summed E-state index contributed by atoms with van der Waals surface area (Å²) >= 11 is 0. The highest BCUT2D eigenvalue weighted by atomic mass is 16.2. The largest absolute Gasteiger partial charge is 0.370 e. The lowest BCUT2D eigenvalue weighted by Gasteiger charge is -2.32. The molecular formula is C43H59N11O6. The number of carbonyl (C=O) groups excluding carboxylic acids is 6. The molecule has 1 aromatic heterocycles. The second kappa shape index (κ2) is 20.8. The molecule has 17 nitrogen and oxygen atoms in total. The first-order chi connectivity index (χ1) is 29.0. The van der Waals surface area contributed by atoms with Crippen LogP contribution in [0.25, 0.3) is 10.9 Å². The minimum atomic E-state index is -1.15. The molecule has 6 atom stereocenters. The number of carbonyl (C=O) groups is 6. The molecule has 3 aromatic rings. The van der Waals surface area contributed by atoms with Crippen molar-refractivity contribution in [2.75, 3.05) is 19.6 Å². The maximum Gasteiger partial charge on any atom is 0.245 e. The van der Waals surface area contributed by atoms with E-state index in [0.717, 1.165) is 54.1 Å². The number of rotatable bonds is 11. The number of para-hydroxylation sites is 1. The van der Waals surface area contributed by atoms with Crippen LogP contribution >= 0.6 is 0 Å². The summed E-state index contributed by atoms with van der Waals surface area (Å²) in [6.07, 6.45) is 8.18. The average molecular weight is 826 g/mol. The number of aromatic amines is 1. The highest BCUT2D eigenvalue weighted by Crippen LogP contribution is 2.28. The molecule has 17 heteroatoms. The number of H-pyrrole nitrogens is 1. The van der Waals surface area contributed by atoms with Gasteiger partial charge >= 0.3 is 0 Å². The van der Waals surface area contributed by atoms with Gasteiger partial charge < -0.3 is 53.7 Å². The van der Waals surface area contributed by atoms with Crippen molar-refractivity contribution in [2.45, 2.75) is 113 Å². The number of amides is 6. The predicted molar refractivity (Wildman–Crippen MR) is 227 cm³/mol. The van der Waals surface area contributed by atoms with E-state index in [9.17, 15) is 28.8 Å². The standard InChI is InChI=1S/C43H59N11O6/c44-30(22-26-10-3-1-4-11-26)37(55)51-33-18-19-47-38(56)32(17-20-48-43(45)46)50-40(58)35(24-28-25-49-31-15-8-7-14-29(28)31)52-39(57)34(23-27-12-5-2-6-13-27)53-41(59)36-16-9-21-54(36)42(33)60/h1,3-4,7-8,10-11,14-15,25,27,30,32-36,49H,2,5-6,9,12-13,16-24,44H2,(H,47,56)(H,50,58)(H,51,55)(H,52,57)(H,53,59)(H4,45,46,48)/t30-,32-,33-,34+,35-,36-/m0/s1. The van der Waals surface area contributed by atoms with Gasteiger partial charge in [0, 0.05) is 43.2 Å². The van der Waals surface area contributed by atoms with Crippen LogP contribution in [0.3, 0.4) is 0 Å². The van der Waals surface area contributed by atoms with Crippen molar-refractivity contribution in [1.29, 1.82) is 0 Å². The first-order valence-corrected chi connectivity index (χ1v) is 21.2. The fourth-order valence-corrected chi connectivity index (χ4v) is 8.58. The molecule has 6 rings (SSSR count). The Balaban J connectivity index is 1.32. The summed E-state index contributed by atoms with van der Waals surface area (Å²) < 4.78 is 0. The van der Waals surface area contributed by atoms with Gasteiger partial charge in [-0.15, -0.1) is 0 Å². The van der Waals surface area contributed by atoms with Crippen LogP contribution in [0.5, 0.6) is 0 Å². The third kappa shape index (κ3) is 11.6. The molecule has 2 aromatic carbocycles. The van der Waals surface area contributed by atoms with Gasteiger partial charge in [0.25, 0.3) is 0 Å². The van der Waals surface area contributed by atoms with Crippen LogP contribution in [-0.2, 0) is 41.6 Å². The van der Waals surface area contributed by atoms with E-state index in [4.69, 9.17) is 17.2 Å². The molecule has 2 saturated heterocycles. The SMILES string of the molecule is NC(N)=NCC[C@@H]1NC(=O)[C@H](Cc2c[nH]c3ccccc23)NC(=O)[C@@H](CC2CCCCC2)NC(=O)[C@@H]2CCCN2C(=O)[C@@H](NC(=O)[C@@H](N)Cc2ccccc2)CCNC1=O. The number of nitrogens with two attached hydrogens (primary N) is 3. The molecule has 3 fully saturated rings. The zero-order valence-electron chi connectivity index (χ0n) is 34.0. The van der Waals surface area contributed by atoms with Crippen LogP contribution in [-0.4, -0.2) is 107 Å². The second-order valence-electron chi connectivity index (χ2n) is 16.2. The van der Waals surface area contributed by atoms with Crippen molar-refractivity contribution in [3.63, 3.8) is 0 Å². The van der Waals surface area contributed by atoms with E-state index in [1.54, 1.807) is 6.20 Å². The molecule has 3 heterocycles. The number of aromatic nitrogens is 1.